The zero-order valence-corrected chi connectivity index (χ0v) is 16.6. The molecule has 2 aliphatic rings. The van der Waals surface area contributed by atoms with Crippen LogP contribution in [0.25, 0.3) is 5.57 Å². The fraction of sp³-hybridized carbons (Fsp3) is 0.208. The molecule has 0 amide bonds. The normalized spacial score (nSPS) is 14.5. The minimum absolute atomic E-state index is 0.267. The van der Waals surface area contributed by atoms with Crippen molar-refractivity contribution in [2.75, 3.05) is 23.7 Å². The lowest BCUT2D eigenvalue weighted by molar-refractivity contribution is 0.0697. The Labute approximate surface area is 170 Å². The smallest absolute Gasteiger partial charge is 0.338 e. The van der Waals surface area contributed by atoms with Crippen molar-refractivity contribution in [1.82, 2.24) is 0 Å². The number of carboxylic acids is 1. The fourth-order valence-electron chi connectivity index (χ4n) is 3.91. The molecule has 3 N–H and O–H groups in total. The van der Waals surface area contributed by atoms with Crippen LogP contribution in [0, 0.1) is 0 Å². The Kier molecular flexibility index (Phi) is 5.12. The molecule has 1 heterocycles. The highest BCUT2D eigenvalue weighted by molar-refractivity contribution is 6.07. The Hall–Kier alpha value is -3.47. The van der Waals surface area contributed by atoms with Gasteiger partial charge in [-0.05, 0) is 44.5 Å². The van der Waals surface area contributed by atoms with Gasteiger partial charge < -0.3 is 20.5 Å². The third-order valence-electron chi connectivity index (χ3n) is 5.04. The third kappa shape index (κ3) is 3.29. The molecule has 5 heteroatoms. The van der Waals surface area contributed by atoms with Crippen molar-refractivity contribution in [2.45, 2.75) is 20.3 Å². The first-order valence-electron chi connectivity index (χ1n) is 9.92. The molecule has 0 radical (unpaired) electrons. The molecule has 1 aliphatic carbocycles. The van der Waals surface area contributed by atoms with E-state index in [9.17, 15) is 9.90 Å². The number of hydrogen-bond donors (Lipinski definition) is 3. The van der Waals surface area contributed by atoms with Crippen molar-refractivity contribution in [3.05, 3.63) is 82.6 Å². The van der Waals surface area contributed by atoms with Crippen LogP contribution in [0.2, 0.25) is 0 Å². The van der Waals surface area contributed by atoms with Crippen LogP contribution in [0.3, 0.4) is 0 Å². The number of aromatic carboxylic acids is 1. The minimum atomic E-state index is -0.960. The van der Waals surface area contributed by atoms with Crippen LogP contribution in [-0.4, -0.2) is 24.2 Å². The number of fused-ring (bicyclic) bond motifs is 2. The number of carboxylic acid groups (broad SMARTS) is 1. The molecule has 0 saturated carbocycles. The minimum Gasteiger partial charge on any atom is -0.478 e. The molecule has 0 fully saturated rings. The molecule has 5 nitrogen and oxygen atoms in total. The quantitative estimate of drug-likeness (QED) is 0.627. The predicted octanol–water partition coefficient (Wildman–Crippen LogP) is 5.29. The molecule has 0 aromatic heterocycles. The molecule has 0 unspecified atom stereocenters. The summed E-state index contributed by atoms with van der Waals surface area (Å²) in [4.78, 5) is 12.4. The number of hydrogen-bond acceptors (Lipinski definition) is 4. The Morgan fingerprint density at radius 1 is 1.07 bits per heavy atom. The summed E-state index contributed by atoms with van der Waals surface area (Å²) in [5.74, 6) is 0.548. The summed E-state index contributed by atoms with van der Waals surface area (Å²) in [5, 5.41) is 16.7. The summed E-state index contributed by atoms with van der Waals surface area (Å²) in [6.45, 7) is 5.28. The van der Waals surface area contributed by atoms with Gasteiger partial charge in [0, 0.05) is 46.7 Å². The van der Waals surface area contributed by atoms with E-state index in [0.717, 1.165) is 40.3 Å². The maximum absolute atomic E-state index is 12.4. The molecule has 2 aromatic carbocycles. The molecule has 0 atom stereocenters. The van der Waals surface area contributed by atoms with Gasteiger partial charge >= 0.3 is 5.97 Å². The van der Waals surface area contributed by atoms with Crippen LogP contribution < -0.4 is 15.4 Å². The number of anilines is 2. The number of carbonyl (C=O) groups is 1. The molecule has 0 saturated heterocycles. The molecule has 148 valence electrons. The van der Waals surface area contributed by atoms with Crippen molar-refractivity contribution < 1.29 is 14.6 Å². The fourth-order valence-corrected chi connectivity index (χ4v) is 3.91. The SMILES string of the molecule is CCNc1ccc(NCC)c(C2=C3C=CCC=C3Oc3ccccc32)c1C(=O)O. The second kappa shape index (κ2) is 7.87. The molecule has 4 rings (SSSR count). The van der Waals surface area contributed by atoms with E-state index in [1.807, 2.05) is 62.4 Å². The monoisotopic (exact) mass is 388 g/mol. The van der Waals surface area contributed by atoms with Gasteiger partial charge in [-0.1, -0.05) is 30.4 Å². The van der Waals surface area contributed by atoms with Gasteiger partial charge in [-0.15, -0.1) is 0 Å². The van der Waals surface area contributed by atoms with Gasteiger partial charge in [-0.25, -0.2) is 4.79 Å². The van der Waals surface area contributed by atoms with Crippen LogP contribution >= 0.6 is 0 Å². The van der Waals surface area contributed by atoms with Crippen molar-refractivity contribution in [3.8, 4) is 5.75 Å². The molecular weight excluding hydrogens is 364 g/mol. The number of ether oxygens (including phenoxy) is 1. The second-order valence-electron chi connectivity index (χ2n) is 6.87. The maximum Gasteiger partial charge on any atom is 0.338 e. The summed E-state index contributed by atoms with van der Waals surface area (Å²) in [5.41, 5.74) is 5.03. The summed E-state index contributed by atoms with van der Waals surface area (Å²) in [6, 6.07) is 11.6. The summed E-state index contributed by atoms with van der Waals surface area (Å²) >= 11 is 0. The highest BCUT2D eigenvalue weighted by Gasteiger charge is 2.30. The van der Waals surface area contributed by atoms with Crippen molar-refractivity contribution in [3.63, 3.8) is 0 Å². The zero-order valence-electron chi connectivity index (χ0n) is 16.6. The van der Waals surface area contributed by atoms with Crippen LogP contribution in [0.15, 0.2) is 66.0 Å². The van der Waals surface area contributed by atoms with Gasteiger partial charge in [0.25, 0.3) is 0 Å². The van der Waals surface area contributed by atoms with Crippen LogP contribution in [0.5, 0.6) is 5.75 Å². The van der Waals surface area contributed by atoms with E-state index in [1.165, 1.54) is 0 Å². The van der Waals surface area contributed by atoms with E-state index < -0.39 is 5.97 Å². The Balaban J connectivity index is 2.11. The van der Waals surface area contributed by atoms with Gasteiger partial charge in [0.05, 0.1) is 5.56 Å². The standard InChI is InChI=1S/C24H24N2O3/c1-3-25-17-13-14-18(26-4-2)23(24(27)28)22(17)21-15-9-5-7-11-19(15)29-20-12-8-6-10-16(20)21/h5-7,9-14,25-26H,3-4,8H2,1-2H3,(H,27,28). The third-order valence-corrected chi connectivity index (χ3v) is 5.04. The van der Waals surface area contributed by atoms with Crippen LogP contribution in [0.4, 0.5) is 11.4 Å². The second-order valence-corrected chi connectivity index (χ2v) is 6.87. The van der Waals surface area contributed by atoms with E-state index in [1.54, 1.807) is 0 Å². The first-order valence-corrected chi connectivity index (χ1v) is 9.92. The topological polar surface area (TPSA) is 70.6 Å². The summed E-state index contributed by atoms with van der Waals surface area (Å²) in [7, 11) is 0. The zero-order chi connectivity index (χ0) is 20.4. The first-order chi connectivity index (χ1) is 14.2. The van der Waals surface area contributed by atoms with Gasteiger partial charge in [-0.2, -0.15) is 0 Å². The van der Waals surface area contributed by atoms with Crippen molar-refractivity contribution in [2.24, 2.45) is 0 Å². The van der Waals surface area contributed by atoms with E-state index >= 15 is 0 Å². The number of nitrogens with one attached hydrogen (secondary N) is 2. The Morgan fingerprint density at radius 2 is 1.79 bits per heavy atom. The number of benzene rings is 2. The van der Waals surface area contributed by atoms with Gasteiger partial charge in [0.2, 0.25) is 0 Å². The molecule has 29 heavy (non-hydrogen) atoms. The molecule has 0 spiro atoms. The average Bonchev–Trinajstić information content (AvgIpc) is 2.73. The number of para-hydroxylation sites is 1. The van der Waals surface area contributed by atoms with E-state index in [2.05, 4.69) is 16.7 Å². The summed E-state index contributed by atoms with van der Waals surface area (Å²) in [6.07, 6.45) is 6.92. The largest absolute Gasteiger partial charge is 0.478 e. The van der Waals surface area contributed by atoms with Gasteiger partial charge in [0.15, 0.2) is 0 Å². The van der Waals surface area contributed by atoms with Crippen LogP contribution in [0.1, 0.15) is 41.8 Å². The van der Waals surface area contributed by atoms with E-state index in [0.29, 0.717) is 24.3 Å². The highest BCUT2D eigenvalue weighted by Crippen LogP contribution is 2.47. The molecule has 1 aliphatic heterocycles. The Bertz CT molecular complexity index is 1060. The maximum atomic E-state index is 12.4. The Morgan fingerprint density at radius 3 is 2.55 bits per heavy atom. The highest BCUT2D eigenvalue weighted by atomic mass is 16.5. The van der Waals surface area contributed by atoms with Gasteiger partial charge in [0.1, 0.15) is 11.5 Å². The molecular formula is C24H24N2O3. The number of allylic oxidation sites excluding steroid dienone is 3. The van der Waals surface area contributed by atoms with Crippen molar-refractivity contribution in [1.29, 1.82) is 0 Å². The first kappa shape index (κ1) is 18.9. The van der Waals surface area contributed by atoms with Gasteiger partial charge in [-0.3, -0.25) is 0 Å². The molecule has 2 aromatic rings. The lowest BCUT2D eigenvalue weighted by atomic mass is 9.84. The average molecular weight is 388 g/mol. The van der Waals surface area contributed by atoms with Crippen molar-refractivity contribution >= 4 is 22.9 Å². The van der Waals surface area contributed by atoms with E-state index in [4.69, 9.17) is 4.74 Å². The lowest BCUT2D eigenvalue weighted by Gasteiger charge is -2.29. The van der Waals surface area contributed by atoms with E-state index in [-0.39, 0.29) is 5.56 Å². The summed E-state index contributed by atoms with van der Waals surface area (Å²) < 4.78 is 6.13. The predicted molar refractivity (Wildman–Crippen MR) is 117 cm³/mol. The number of rotatable bonds is 6. The molecule has 0 bridgehead atoms. The van der Waals surface area contributed by atoms with Crippen LogP contribution in [-0.2, 0) is 0 Å². The lowest BCUT2D eigenvalue weighted by Crippen LogP contribution is -2.17.